The van der Waals surface area contributed by atoms with Gasteiger partial charge in [-0.15, -0.1) is 5.10 Å². The summed E-state index contributed by atoms with van der Waals surface area (Å²) in [5.74, 6) is 1.19. The van der Waals surface area contributed by atoms with Crippen molar-refractivity contribution in [3.63, 3.8) is 0 Å². The Morgan fingerprint density at radius 3 is 2.92 bits per heavy atom. The minimum Gasteiger partial charge on any atom is -0.497 e. The normalized spacial score (nSPS) is 16.8. The Balaban J connectivity index is 1.54. The molecule has 1 aliphatic rings. The highest BCUT2D eigenvalue weighted by Crippen LogP contribution is 2.20. The summed E-state index contributed by atoms with van der Waals surface area (Å²) < 4.78 is 10.9. The first-order valence-corrected chi connectivity index (χ1v) is 7.81. The molecule has 1 aromatic heterocycles. The molecule has 0 radical (unpaired) electrons. The topological polar surface area (TPSA) is 76.6 Å². The molecule has 0 aliphatic carbocycles. The second-order valence-electron chi connectivity index (χ2n) is 5.65. The highest BCUT2D eigenvalue weighted by molar-refractivity contribution is 5.89. The second-order valence-corrected chi connectivity index (χ2v) is 5.65. The molecule has 1 saturated heterocycles. The minimum atomic E-state index is -0.149. The van der Waals surface area contributed by atoms with Crippen LogP contribution in [-0.4, -0.2) is 47.4 Å². The smallest absolute Gasteiger partial charge is 0.321 e. The van der Waals surface area contributed by atoms with Crippen LogP contribution in [0.15, 0.2) is 36.4 Å². The zero-order chi connectivity index (χ0) is 16.9. The lowest BCUT2D eigenvalue weighted by atomic mass is 10.3. The van der Waals surface area contributed by atoms with Crippen molar-refractivity contribution in [1.82, 2.24) is 15.1 Å². The highest BCUT2D eigenvalue weighted by atomic mass is 16.5. The first-order chi connectivity index (χ1) is 11.6. The lowest BCUT2D eigenvalue weighted by molar-refractivity contribution is 0.188. The summed E-state index contributed by atoms with van der Waals surface area (Å²) in [6.45, 7) is 3.03. The molecular formula is C17H20N4O3. The molecule has 0 bridgehead atoms. The molecule has 1 N–H and O–H groups in total. The van der Waals surface area contributed by atoms with Crippen LogP contribution in [0.5, 0.6) is 11.6 Å². The van der Waals surface area contributed by atoms with Crippen molar-refractivity contribution in [3.8, 4) is 11.6 Å². The molecule has 7 heteroatoms. The number of hydrogen-bond acceptors (Lipinski definition) is 5. The first kappa shape index (κ1) is 16.0. The number of urea groups is 1. The molecule has 2 amide bonds. The first-order valence-electron chi connectivity index (χ1n) is 7.81. The number of anilines is 1. The van der Waals surface area contributed by atoms with Gasteiger partial charge in [0.05, 0.1) is 19.3 Å². The van der Waals surface area contributed by atoms with Crippen LogP contribution in [0.25, 0.3) is 0 Å². The monoisotopic (exact) mass is 328 g/mol. The zero-order valence-corrected chi connectivity index (χ0v) is 13.7. The number of nitrogens with one attached hydrogen (secondary N) is 1. The van der Waals surface area contributed by atoms with Gasteiger partial charge in [-0.05, 0) is 25.1 Å². The SMILES string of the molecule is COc1cccc(NC(=O)N2CCC(Oc3ccc(C)nn3)C2)c1. The van der Waals surface area contributed by atoms with E-state index in [-0.39, 0.29) is 12.1 Å². The summed E-state index contributed by atoms with van der Waals surface area (Å²) in [7, 11) is 1.59. The molecule has 24 heavy (non-hydrogen) atoms. The number of rotatable bonds is 4. The van der Waals surface area contributed by atoms with Crippen LogP contribution in [0.4, 0.5) is 10.5 Å². The quantitative estimate of drug-likeness (QED) is 0.933. The highest BCUT2D eigenvalue weighted by Gasteiger charge is 2.28. The molecule has 1 aromatic carbocycles. The van der Waals surface area contributed by atoms with Gasteiger partial charge in [-0.3, -0.25) is 0 Å². The summed E-state index contributed by atoms with van der Waals surface area (Å²) in [5, 5.41) is 10.8. The van der Waals surface area contributed by atoms with Crippen molar-refractivity contribution in [2.24, 2.45) is 0 Å². The lowest BCUT2D eigenvalue weighted by Crippen LogP contribution is -2.34. The van der Waals surface area contributed by atoms with Crippen LogP contribution in [0, 0.1) is 6.92 Å². The molecule has 2 heterocycles. The van der Waals surface area contributed by atoms with Gasteiger partial charge >= 0.3 is 6.03 Å². The predicted molar refractivity (Wildman–Crippen MR) is 89.4 cm³/mol. The Hall–Kier alpha value is -2.83. The largest absolute Gasteiger partial charge is 0.497 e. The van der Waals surface area contributed by atoms with E-state index >= 15 is 0 Å². The maximum atomic E-state index is 12.3. The lowest BCUT2D eigenvalue weighted by Gasteiger charge is -2.18. The molecule has 0 spiro atoms. The van der Waals surface area contributed by atoms with E-state index in [1.807, 2.05) is 31.2 Å². The average molecular weight is 328 g/mol. The molecule has 1 unspecified atom stereocenters. The maximum absolute atomic E-state index is 12.3. The summed E-state index contributed by atoms with van der Waals surface area (Å²) in [5.41, 5.74) is 1.54. The molecule has 126 valence electrons. The summed E-state index contributed by atoms with van der Waals surface area (Å²) >= 11 is 0. The van der Waals surface area contributed by atoms with E-state index in [2.05, 4.69) is 15.5 Å². The van der Waals surface area contributed by atoms with Gasteiger partial charge in [0.2, 0.25) is 5.88 Å². The molecule has 2 aromatic rings. The number of nitrogens with zero attached hydrogens (tertiary/aromatic N) is 3. The van der Waals surface area contributed by atoms with Gasteiger partial charge in [-0.2, -0.15) is 5.10 Å². The van der Waals surface area contributed by atoms with E-state index in [9.17, 15) is 4.79 Å². The van der Waals surface area contributed by atoms with Crippen molar-refractivity contribution < 1.29 is 14.3 Å². The van der Waals surface area contributed by atoms with Gasteiger partial charge in [0.25, 0.3) is 0 Å². The zero-order valence-electron chi connectivity index (χ0n) is 13.7. The number of methoxy groups -OCH3 is 1. The minimum absolute atomic E-state index is 0.0712. The van der Waals surface area contributed by atoms with Gasteiger partial charge in [0.15, 0.2) is 0 Å². The van der Waals surface area contributed by atoms with Crippen LogP contribution in [0.2, 0.25) is 0 Å². The fraction of sp³-hybridized carbons (Fsp3) is 0.353. The van der Waals surface area contributed by atoms with Crippen molar-refractivity contribution in [3.05, 3.63) is 42.1 Å². The fourth-order valence-corrected chi connectivity index (χ4v) is 2.53. The fourth-order valence-electron chi connectivity index (χ4n) is 2.53. The Bertz CT molecular complexity index is 705. The number of hydrogen-bond donors (Lipinski definition) is 1. The Kier molecular flexibility index (Phi) is 4.79. The standard InChI is InChI=1S/C17H20N4O3/c1-12-6-7-16(20-19-12)24-15-8-9-21(11-15)17(22)18-13-4-3-5-14(10-13)23-2/h3-7,10,15H,8-9,11H2,1-2H3,(H,18,22). The van der Waals surface area contributed by atoms with Gasteiger partial charge in [-0.25, -0.2) is 4.79 Å². The number of ether oxygens (including phenoxy) is 2. The van der Waals surface area contributed by atoms with E-state index < -0.39 is 0 Å². The molecule has 1 atom stereocenters. The number of aryl methyl sites for hydroxylation is 1. The predicted octanol–water partition coefficient (Wildman–Crippen LogP) is 2.48. The Morgan fingerprint density at radius 2 is 2.17 bits per heavy atom. The number of carbonyl (C=O) groups excluding carboxylic acids is 1. The van der Waals surface area contributed by atoms with Gasteiger partial charge in [0, 0.05) is 30.8 Å². The molecule has 1 aliphatic heterocycles. The molecule has 1 fully saturated rings. The third-order valence-electron chi connectivity index (χ3n) is 3.81. The number of carbonyl (C=O) groups is 1. The van der Waals surface area contributed by atoms with E-state index in [1.165, 1.54) is 0 Å². The van der Waals surface area contributed by atoms with Crippen LogP contribution in [0.3, 0.4) is 0 Å². The van der Waals surface area contributed by atoms with Crippen molar-refractivity contribution >= 4 is 11.7 Å². The molecular weight excluding hydrogens is 308 g/mol. The molecule has 7 nitrogen and oxygen atoms in total. The summed E-state index contributed by atoms with van der Waals surface area (Å²) in [4.78, 5) is 14.1. The van der Waals surface area contributed by atoms with E-state index in [4.69, 9.17) is 9.47 Å². The second kappa shape index (κ2) is 7.16. The number of amides is 2. The van der Waals surface area contributed by atoms with Crippen LogP contribution in [-0.2, 0) is 0 Å². The van der Waals surface area contributed by atoms with E-state index in [1.54, 1.807) is 24.1 Å². The van der Waals surface area contributed by atoms with E-state index in [0.29, 0.717) is 30.4 Å². The third-order valence-corrected chi connectivity index (χ3v) is 3.81. The summed E-state index contributed by atoms with van der Waals surface area (Å²) in [6, 6.07) is 10.8. The van der Waals surface area contributed by atoms with Crippen LogP contribution < -0.4 is 14.8 Å². The number of aromatic nitrogens is 2. The van der Waals surface area contributed by atoms with Crippen LogP contribution >= 0.6 is 0 Å². The molecule has 3 rings (SSSR count). The van der Waals surface area contributed by atoms with Gasteiger partial charge in [-0.1, -0.05) is 6.07 Å². The van der Waals surface area contributed by atoms with Gasteiger partial charge in [0.1, 0.15) is 11.9 Å². The molecule has 0 saturated carbocycles. The summed E-state index contributed by atoms with van der Waals surface area (Å²) in [6.07, 6.45) is 0.694. The van der Waals surface area contributed by atoms with E-state index in [0.717, 1.165) is 12.1 Å². The third kappa shape index (κ3) is 3.92. The van der Waals surface area contributed by atoms with Crippen molar-refractivity contribution in [1.29, 1.82) is 0 Å². The van der Waals surface area contributed by atoms with Gasteiger partial charge < -0.3 is 19.7 Å². The van der Waals surface area contributed by atoms with Crippen molar-refractivity contribution in [2.75, 3.05) is 25.5 Å². The maximum Gasteiger partial charge on any atom is 0.321 e. The average Bonchev–Trinajstić information content (AvgIpc) is 3.06. The Morgan fingerprint density at radius 1 is 1.29 bits per heavy atom. The van der Waals surface area contributed by atoms with Crippen molar-refractivity contribution in [2.45, 2.75) is 19.4 Å². The van der Waals surface area contributed by atoms with Crippen LogP contribution in [0.1, 0.15) is 12.1 Å². The number of benzene rings is 1. The Labute approximate surface area is 140 Å². The number of likely N-dealkylation sites (tertiary alicyclic amines) is 1.